The van der Waals surface area contributed by atoms with Crippen LogP contribution in [0.3, 0.4) is 0 Å². The molecule has 1 aromatic heterocycles. The second-order valence-corrected chi connectivity index (χ2v) is 7.27. The standard InChI is InChI=1S/C22H22N4O3/c1-15-16(7-6-11-20(15)26(28)29)13-21(27)24-19-10-3-2-9-18(19)22-23-14-17-8-4-5-12-25(17)22/h2-3,6-7,9-11,14H,4-5,8,12-13H2,1H3,(H,24,27). The number of benzene rings is 2. The Morgan fingerprint density at radius 2 is 2.03 bits per heavy atom. The van der Waals surface area contributed by atoms with E-state index < -0.39 is 4.92 Å². The third-order valence-electron chi connectivity index (χ3n) is 5.41. The number of nitrogens with one attached hydrogen (secondary N) is 1. The molecule has 1 N–H and O–H groups in total. The third kappa shape index (κ3) is 3.76. The van der Waals surface area contributed by atoms with Gasteiger partial charge in [0.25, 0.3) is 5.69 Å². The normalized spacial score (nSPS) is 13.0. The van der Waals surface area contributed by atoms with Gasteiger partial charge in [0.05, 0.1) is 17.0 Å². The van der Waals surface area contributed by atoms with E-state index in [0.29, 0.717) is 16.8 Å². The summed E-state index contributed by atoms with van der Waals surface area (Å²) < 4.78 is 2.22. The first-order valence-corrected chi connectivity index (χ1v) is 9.71. The van der Waals surface area contributed by atoms with Crippen LogP contribution in [-0.4, -0.2) is 20.4 Å². The minimum absolute atomic E-state index is 0.0275. The van der Waals surface area contributed by atoms with Crippen LogP contribution in [0.5, 0.6) is 0 Å². The fourth-order valence-electron chi connectivity index (χ4n) is 3.86. The van der Waals surface area contributed by atoms with Crippen molar-refractivity contribution in [1.82, 2.24) is 9.55 Å². The number of nitro groups is 1. The molecule has 148 valence electrons. The maximum atomic E-state index is 12.7. The highest BCUT2D eigenvalue weighted by molar-refractivity contribution is 5.96. The Balaban J connectivity index is 1.58. The summed E-state index contributed by atoms with van der Waals surface area (Å²) in [6.07, 6.45) is 5.30. The van der Waals surface area contributed by atoms with Gasteiger partial charge in [-0.15, -0.1) is 0 Å². The number of amides is 1. The second-order valence-electron chi connectivity index (χ2n) is 7.27. The molecule has 7 heteroatoms. The molecule has 4 rings (SSSR count). The lowest BCUT2D eigenvalue weighted by molar-refractivity contribution is -0.385. The van der Waals surface area contributed by atoms with Gasteiger partial charge in [0, 0.05) is 35.6 Å². The number of nitro benzene ring substituents is 1. The number of hydrogen-bond acceptors (Lipinski definition) is 4. The van der Waals surface area contributed by atoms with E-state index >= 15 is 0 Å². The first-order valence-electron chi connectivity index (χ1n) is 9.71. The lowest BCUT2D eigenvalue weighted by Gasteiger charge is -2.18. The van der Waals surface area contributed by atoms with E-state index in [4.69, 9.17) is 0 Å². The van der Waals surface area contributed by atoms with Crippen molar-refractivity contribution in [2.45, 2.75) is 39.2 Å². The summed E-state index contributed by atoms with van der Waals surface area (Å²) in [4.78, 5) is 28.0. The number of hydrogen-bond donors (Lipinski definition) is 1. The minimum atomic E-state index is -0.423. The molecule has 2 heterocycles. The number of nitrogens with zero attached hydrogens (tertiary/aromatic N) is 3. The maximum absolute atomic E-state index is 12.7. The number of para-hydroxylation sites is 1. The molecule has 0 saturated carbocycles. The molecule has 3 aromatic rings. The largest absolute Gasteiger partial charge is 0.328 e. The lowest BCUT2D eigenvalue weighted by atomic mass is 10.0. The summed E-state index contributed by atoms with van der Waals surface area (Å²) in [6.45, 7) is 2.60. The van der Waals surface area contributed by atoms with Gasteiger partial charge in [0.2, 0.25) is 5.91 Å². The van der Waals surface area contributed by atoms with Crippen LogP contribution in [0.1, 0.15) is 29.7 Å². The fraction of sp³-hybridized carbons (Fsp3) is 0.273. The Kier molecular flexibility index (Phi) is 5.12. The number of rotatable bonds is 5. The molecular weight excluding hydrogens is 368 g/mol. The number of aromatic nitrogens is 2. The van der Waals surface area contributed by atoms with E-state index in [2.05, 4.69) is 14.9 Å². The number of fused-ring (bicyclic) bond motifs is 1. The summed E-state index contributed by atoms with van der Waals surface area (Å²) in [5.41, 5.74) is 3.99. The van der Waals surface area contributed by atoms with Crippen LogP contribution >= 0.6 is 0 Å². The van der Waals surface area contributed by atoms with Gasteiger partial charge < -0.3 is 9.88 Å². The average Bonchev–Trinajstić information content (AvgIpc) is 3.14. The van der Waals surface area contributed by atoms with Crippen LogP contribution in [0.2, 0.25) is 0 Å². The Morgan fingerprint density at radius 3 is 2.86 bits per heavy atom. The molecule has 0 atom stereocenters. The molecule has 0 unspecified atom stereocenters. The number of carbonyl (C=O) groups excluding carboxylic acids is 1. The van der Waals surface area contributed by atoms with Crippen molar-refractivity contribution in [2.24, 2.45) is 0 Å². The van der Waals surface area contributed by atoms with E-state index in [1.807, 2.05) is 30.5 Å². The topological polar surface area (TPSA) is 90.1 Å². The molecule has 1 amide bonds. The quantitative estimate of drug-likeness (QED) is 0.520. The number of anilines is 1. The smallest absolute Gasteiger partial charge is 0.272 e. The molecule has 1 aliphatic rings. The Labute approximate surface area is 168 Å². The predicted octanol–water partition coefficient (Wildman–Crippen LogP) is 4.28. The summed E-state index contributed by atoms with van der Waals surface area (Å²) in [5.74, 6) is 0.647. The zero-order chi connectivity index (χ0) is 20.4. The highest BCUT2D eigenvalue weighted by atomic mass is 16.6. The molecule has 1 aliphatic heterocycles. The van der Waals surface area contributed by atoms with Crippen molar-refractivity contribution in [3.8, 4) is 11.4 Å². The fourth-order valence-corrected chi connectivity index (χ4v) is 3.86. The first-order chi connectivity index (χ1) is 14.0. The molecule has 0 spiro atoms. The van der Waals surface area contributed by atoms with Crippen LogP contribution in [0.15, 0.2) is 48.7 Å². The summed E-state index contributed by atoms with van der Waals surface area (Å²) in [6, 6.07) is 12.4. The Morgan fingerprint density at radius 1 is 1.21 bits per heavy atom. The summed E-state index contributed by atoms with van der Waals surface area (Å²) in [5, 5.41) is 14.1. The van der Waals surface area contributed by atoms with Gasteiger partial charge in [0.1, 0.15) is 5.82 Å². The predicted molar refractivity (Wildman–Crippen MR) is 111 cm³/mol. The average molecular weight is 390 g/mol. The number of imidazole rings is 1. The van der Waals surface area contributed by atoms with Crippen LogP contribution in [0.4, 0.5) is 11.4 Å². The zero-order valence-corrected chi connectivity index (χ0v) is 16.2. The van der Waals surface area contributed by atoms with Crippen LogP contribution in [0, 0.1) is 17.0 Å². The lowest BCUT2D eigenvalue weighted by Crippen LogP contribution is -2.17. The summed E-state index contributed by atoms with van der Waals surface area (Å²) in [7, 11) is 0. The monoisotopic (exact) mass is 390 g/mol. The van der Waals surface area contributed by atoms with Crippen molar-refractivity contribution in [1.29, 1.82) is 0 Å². The minimum Gasteiger partial charge on any atom is -0.328 e. The zero-order valence-electron chi connectivity index (χ0n) is 16.2. The van der Waals surface area contributed by atoms with Gasteiger partial charge in [-0.2, -0.15) is 0 Å². The first kappa shape index (κ1) is 18.9. The van der Waals surface area contributed by atoms with Crippen LogP contribution < -0.4 is 5.32 Å². The van der Waals surface area contributed by atoms with Crippen molar-refractivity contribution in [2.75, 3.05) is 5.32 Å². The highest BCUT2D eigenvalue weighted by Crippen LogP contribution is 2.30. The molecule has 0 radical (unpaired) electrons. The Hall–Kier alpha value is -3.48. The SMILES string of the molecule is Cc1c(CC(=O)Nc2ccccc2-c2ncc3n2CCCC3)cccc1[N+](=O)[O-]. The molecule has 0 bridgehead atoms. The van der Waals surface area contributed by atoms with Crippen molar-refractivity contribution >= 4 is 17.3 Å². The molecule has 2 aromatic carbocycles. The van der Waals surface area contributed by atoms with Gasteiger partial charge >= 0.3 is 0 Å². The molecule has 29 heavy (non-hydrogen) atoms. The molecular formula is C22H22N4O3. The van der Waals surface area contributed by atoms with Crippen LogP contribution in [-0.2, 0) is 24.2 Å². The molecule has 7 nitrogen and oxygen atoms in total. The van der Waals surface area contributed by atoms with Crippen molar-refractivity contribution in [3.63, 3.8) is 0 Å². The van der Waals surface area contributed by atoms with Gasteiger partial charge in [-0.3, -0.25) is 14.9 Å². The highest BCUT2D eigenvalue weighted by Gasteiger charge is 2.19. The van der Waals surface area contributed by atoms with E-state index in [0.717, 1.165) is 30.8 Å². The second kappa shape index (κ2) is 7.87. The molecule has 0 saturated heterocycles. The van der Waals surface area contributed by atoms with E-state index in [1.165, 1.54) is 18.2 Å². The molecule has 0 aliphatic carbocycles. The van der Waals surface area contributed by atoms with Gasteiger partial charge in [0.15, 0.2) is 0 Å². The number of carbonyl (C=O) groups is 1. The van der Waals surface area contributed by atoms with Crippen molar-refractivity contribution < 1.29 is 9.72 Å². The van der Waals surface area contributed by atoms with Gasteiger partial charge in [-0.05, 0) is 43.9 Å². The van der Waals surface area contributed by atoms with Gasteiger partial charge in [-0.1, -0.05) is 24.3 Å². The number of aryl methyl sites for hydroxylation is 1. The van der Waals surface area contributed by atoms with Crippen LogP contribution in [0.25, 0.3) is 11.4 Å². The van der Waals surface area contributed by atoms with Gasteiger partial charge in [-0.25, -0.2) is 4.98 Å². The third-order valence-corrected chi connectivity index (χ3v) is 5.41. The van der Waals surface area contributed by atoms with E-state index in [1.54, 1.807) is 19.1 Å². The maximum Gasteiger partial charge on any atom is 0.272 e. The summed E-state index contributed by atoms with van der Waals surface area (Å²) >= 11 is 0. The Bertz CT molecular complexity index is 1090. The molecule has 0 fully saturated rings. The van der Waals surface area contributed by atoms with Crippen molar-refractivity contribution in [3.05, 3.63) is 75.6 Å². The van der Waals surface area contributed by atoms with E-state index in [-0.39, 0.29) is 18.0 Å². The van der Waals surface area contributed by atoms with E-state index in [9.17, 15) is 14.9 Å².